The molecule has 0 saturated heterocycles. The van der Waals surface area contributed by atoms with Crippen LogP contribution in [-0.2, 0) is 11.2 Å². The van der Waals surface area contributed by atoms with Crippen LogP contribution in [0.3, 0.4) is 0 Å². The summed E-state index contributed by atoms with van der Waals surface area (Å²) < 4.78 is 0. The lowest BCUT2D eigenvalue weighted by Crippen LogP contribution is -2.33. The Bertz CT molecular complexity index is 1190. The molecule has 0 radical (unpaired) electrons. The Balaban J connectivity index is 1.26. The molecular formula is C27H25NO5. The zero-order valence-electron chi connectivity index (χ0n) is 18.3. The van der Waals surface area contributed by atoms with E-state index in [1.807, 2.05) is 12.1 Å². The van der Waals surface area contributed by atoms with Crippen LogP contribution in [0.5, 0.6) is 0 Å². The number of carbonyl (C=O) groups excluding carboxylic acids is 3. The minimum absolute atomic E-state index is 0.0303. The fraction of sp³-hybridized carbons (Fsp3) is 0.333. The second kappa shape index (κ2) is 8.43. The van der Waals surface area contributed by atoms with Crippen molar-refractivity contribution >= 4 is 29.1 Å². The number of imide groups is 1. The molecule has 2 aromatic carbocycles. The summed E-state index contributed by atoms with van der Waals surface area (Å²) in [5.74, 6) is -3.13. The van der Waals surface area contributed by atoms with Crippen molar-refractivity contribution < 1.29 is 24.3 Å². The quantitative estimate of drug-likeness (QED) is 0.501. The number of carbonyl (C=O) groups is 4. The van der Waals surface area contributed by atoms with Crippen molar-refractivity contribution in [3.8, 4) is 0 Å². The van der Waals surface area contributed by atoms with E-state index in [9.17, 15) is 24.3 Å². The zero-order valence-corrected chi connectivity index (χ0v) is 18.3. The molecule has 0 fully saturated rings. The Morgan fingerprint density at radius 3 is 2.33 bits per heavy atom. The van der Waals surface area contributed by atoms with Gasteiger partial charge >= 0.3 is 5.97 Å². The molecule has 1 heterocycles. The summed E-state index contributed by atoms with van der Waals surface area (Å²) in [4.78, 5) is 51.0. The number of benzene rings is 2. The van der Waals surface area contributed by atoms with E-state index < -0.39 is 23.7 Å². The summed E-state index contributed by atoms with van der Waals surface area (Å²) in [5.41, 5.74) is 6.50. The second-order valence-electron chi connectivity index (χ2n) is 9.10. The number of hydrogen-bond donors (Lipinski definition) is 1. The van der Waals surface area contributed by atoms with Crippen LogP contribution in [-0.4, -0.2) is 40.1 Å². The third kappa shape index (κ3) is 3.80. The Morgan fingerprint density at radius 1 is 0.939 bits per heavy atom. The minimum atomic E-state index is -1.10. The summed E-state index contributed by atoms with van der Waals surface area (Å²) in [7, 11) is 0. The van der Waals surface area contributed by atoms with Crippen LogP contribution in [0, 0.1) is 5.92 Å². The molecule has 3 aliphatic rings. The van der Waals surface area contributed by atoms with Crippen molar-refractivity contribution in [1.82, 2.24) is 4.90 Å². The molecule has 0 bridgehead atoms. The van der Waals surface area contributed by atoms with Crippen molar-refractivity contribution in [1.29, 1.82) is 0 Å². The molecule has 1 aliphatic heterocycles. The number of Topliss-reactive ketones (excluding diaryl/α,β-unsaturated/α-hetero) is 1. The van der Waals surface area contributed by atoms with Gasteiger partial charge in [0.05, 0.1) is 17.0 Å². The van der Waals surface area contributed by atoms with Crippen molar-refractivity contribution in [3.05, 3.63) is 75.9 Å². The SMILES string of the molecule is O=C(C[C@H](CCN1C(=O)c2ccccc2C1=O)C(=O)O)c1ccc2c(c1)CC1=C2CCCC1. The number of fused-ring (bicyclic) bond motifs is 3. The number of allylic oxidation sites excluding steroid dienone is 2. The van der Waals surface area contributed by atoms with E-state index in [0.717, 1.165) is 29.7 Å². The fourth-order valence-corrected chi connectivity index (χ4v) is 5.31. The first-order valence-electron chi connectivity index (χ1n) is 11.5. The molecule has 2 aliphatic carbocycles. The number of rotatable bonds is 7. The van der Waals surface area contributed by atoms with Crippen molar-refractivity contribution in [2.75, 3.05) is 6.54 Å². The molecule has 2 amide bonds. The van der Waals surface area contributed by atoms with Crippen LogP contribution < -0.4 is 0 Å². The maximum Gasteiger partial charge on any atom is 0.307 e. The lowest BCUT2D eigenvalue weighted by molar-refractivity contribution is -0.142. The van der Waals surface area contributed by atoms with Gasteiger partial charge in [0.1, 0.15) is 0 Å². The van der Waals surface area contributed by atoms with E-state index in [4.69, 9.17) is 0 Å². The number of nitrogens with zero attached hydrogens (tertiary/aromatic N) is 1. The third-order valence-corrected chi connectivity index (χ3v) is 7.10. The molecule has 0 saturated carbocycles. The first-order valence-corrected chi connectivity index (χ1v) is 11.5. The molecule has 0 spiro atoms. The van der Waals surface area contributed by atoms with Crippen molar-refractivity contribution in [2.45, 2.75) is 44.9 Å². The molecule has 6 nitrogen and oxygen atoms in total. The van der Waals surface area contributed by atoms with E-state index in [1.165, 1.54) is 29.6 Å². The molecule has 2 aromatic rings. The number of aliphatic carboxylic acids is 1. The van der Waals surface area contributed by atoms with Crippen LogP contribution in [0.1, 0.15) is 80.7 Å². The highest BCUT2D eigenvalue weighted by Crippen LogP contribution is 2.41. The van der Waals surface area contributed by atoms with E-state index in [1.54, 1.807) is 30.3 Å². The maximum absolute atomic E-state index is 13.0. The molecule has 168 valence electrons. The average molecular weight is 443 g/mol. The van der Waals surface area contributed by atoms with Crippen molar-refractivity contribution in [3.63, 3.8) is 0 Å². The van der Waals surface area contributed by atoms with E-state index in [0.29, 0.717) is 16.7 Å². The predicted molar refractivity (Wildman–Crippen MR) is 122 cm³/mol. The van der Waals surface area contributed by atoms with Gasteiger partial charge in [-0.3, -0.25) is 24.1 Å². The van der Waals surface area contributed by atoms with E-state index in [2.05, 4.69) is 0 Å². The summed E-state index contributed by atoms with van der Waals surface area (Å²) in [6.07, 6.45) is 5.38. The fourth-order valence-electron chi connectivity index (χ4n) is 5.31. The van der Waals surface area contributed by atoms with Gasteiger partial charge < -0.3 is 5.11 Å². The number of carboxylic acids is 1. The van der Waals surface area contributed by atoms with Crippen LogP contribution >= 0.6 is 0 Å². The lowest BCUT2D eigenvalue weighted by atomic mass is 9.91. The summed E-state index contributed by atoms with van der Waals surface area (Å²) in [6.45, 7) is -0.0303. The van der Waals surface area contributed by atoms with Crippen LogP contribution in [0.4, 0.5) is 0 Å². The average Bonchev–Trinajstić information content (AvgIpc) is 3.31. The molecule has 6 heteroatoms. The monoisotopic (exact) mass is 443 g/mol. The Hall–Kier alpha value is -3.54. The van der Waals surface area contributed by atoms with Crippen molar-refractivity contribution in [2.24, 2.45) is 5.92 Å². The molecular weight excluding hydrogens is 418 g/mol. The molecule has 0 aromatic heterocycles. The Kier molecular flexibility index (Phi) is 5.44. The Labute approximate surface area is 191 Å². The second-order valence-corrected chi connectivity index (χ2v) is 9.10. The van der Waals surface area contributed by atoms with Crippen LogP contribution in [0.15, 0.2) is 48.0 Å². The molecule has 1 atom stereocenters. The lowest BCUT2D eigenvalue weighted by Gasteiger charge is -2.17. The van der Waals surface area contributed by atoms with Gasteiger partial charge in [0.15, 0.2) is 5.78 Å². The molecule has 1 N–H and O–H groups in total. The van der Waals surface area contributed by atoms with Gasteiger partial charge in [0.2, 0.25) is 0 Å². The minimum Gasteiger partial charge on any atom is -0.481 e. The molecule has 0 unspecified atom stereocenters. The highest BCUT2D eigenvalue weighted by Gasteiger charge is 2.36. The largest absolute Gasteiger partial charge is 0.481 e. The predicted octanol–water partition coefficient (Wildman–Crippen LogP) is 4.53. The Morgan fingerprint density at radius 2 is 1.64 bits per heavy atom. The summed E-state index contributed by atoms with van der Waals surface area (Å²) in [6, 6.07) is 12.3. The molecule has 5 rings (SSSR count). The topological polar surface area (TPSA) is 91.8 Å². The first-order chi connectivity index (χ1) is 15.9. The smallest absolute Gasteiger partial charge is 0.307 e. The van der Waals surface area contributed by atoms with E-state index in [-0.39, 0.29) is 25.2 Å². The van der Waals surface area contributed by atoms with Gasteiger partial charge in [-0.15, -0.1) is 0 Å². The number of carboxylic acid groups (broad SMARTS) is 1. The summed E-state index contributed by atoms with van der Waals surface area (Å²) >= 11 is 0. The van der Waals surface area contributed by atoms with Gasteiger partial charge in [-0.05, 0) is 73.4 Å². The van der Waals surface area contributed by atoms with Crippen LogP contribution in [0.25, 0.3) is 5.57 Å². The number of ketones is 1. The normalized spacial score (nSPS) is 17.6. The van der Waals surface area contributed by atoms with E-state index >= 15 is 0 Å². The highest BCUT2D eigenvalue weighted by molar-refractivity contribution is 6.21. The standard InChI is InChI=1S/C27H25NO5/c29-24(17-9-10-21-19(14-17)13-16-5-1-2-6-20(16)21)15-18(27(32)33)11-12-28-25(30)22-7-3-4-8-23(22)26(28)31/h3-4,7-10,14,18H,1-2,5-6,11-13,15H2,(H,32,33)/t18-/m0/s1. The highest BCUT2D eigenvalue weighted by atomic mass is 16.4. The zero-order chi connectivity index (χ0) is 23.1. The number of amides is 2. The van der Waals surface area contributed by atoms with Gasteiger partial charge in [0.25, 0.3) is 11.8 Å². The van der Waals surface area contributed by atoms with Crippen LogP contribution in [0.2, 0.25) is 0 Å². The van der Waals surface area contributed by atoms with Gasteiger partial charge in [-0.1, -0.05) is 29.8 Å². The van der Waals surface area contributed by atoms with Gasteiger partial charge in [0, 0.05) is 18.5 Å². The van der Waals surface area contributed by atoms with Gasteiger partial charge in [-0.25, -0.2) is 0 Å². The number of hydrogen-bond acceptors (Lipinski definition) is 4. The first kappa shape index (κ1) is 21.3. The third-order valence-electron chi connectivity index (χ3n) is 7.10. The summed E-state index contributed by atoms with van der Waals surface area (Å²) in [5, 5.41) is 9.70. The molecule has 33 heavy (non-hydrogen) atoms. The maximum atomic E-state index is 13.0. The van der Waals surface area contributed by atoms with Gasteiger partial charge in [-0.2, -0.15) is 0 Å².